The Morgan fingerprint density at radius 3 is 2.56 bits per heavy atom. The highest BCUT2D eigenvalue weighted by Gasteiger charge is 2.15. The third kappa shape index (κ3) is 3.37. The second-order valence-corrected chi connectivity index (χ2v) is 5.91. The third-order valence-corrected chi connectivity index (χ3v) is 4.08. The number of anilines is 3. The van der Waals surface area contributed by atoms with Crippen LogP contribution >= 0.6 is 0 Å². The van der Waals surface area contributed by atoms with Gasteiger partial charge in [-0.25, -0.2) is 8.78 Å². The first kappa shape index (κ1) is 16.8. The maximum Gasteiger partial charge on any atom is 0.215 e. The van der Waals surface area contributed by atoms with Crippen molar-refractivity contribution in [1.29, 1.82) is 0 Å². The van der Waals surface area contributed by atoms with Gasteiger partial charge in [0.2, 0.25) is 5.88 Å². The number of hydrogen-bond donors (Lipinski definition) is 2. The van der Waals surface area contributed by atoms with E-state index in [1.54, 1.807) is 12.3 Å². The number of nitrogen functional groups attached to an aromatic ring is 1. The lowest BCUT2D eigenvalue weighted by atomic mass is 10.1. The molecular weight excluding hydrogens is 348 g/mol. The van der Waals surface area contributed by atoms with Crippen molar-refractivity contribution in [3.8, 4) is 0 Å². The van der Waals surface area contributed by atoms with E-state index in [1.807, 2.05) is 42.5 Å². The van der Waals surface area contributed by atoms with Gasteiger partial charge in [0.25, 0.3) is 0 Å². The lowest BCUT2D eigenvalue weighted by Gasteiger charge is -2.05. The Kier molecular flexibility index (Phi) is 4.30. The van der Waals surface area contributed by atoms with E-state index in [2.05, 4.69) is 10.3 Å². The summed E-state index contributed by atoms with van der Waals surface area (Å²) in [5.41, 5.74) is 8.98. The van der Waals surface area contributed by atoms with Crippen LogP contribution < -0.4 is 11.1 Å². The van der Waals surface area contributed by atoms with Crippen LogP contribution in [-0.4, -0.2) is 4.98 Å². The van der Waals surface area contributed by atoms with E-state index in [1.165, 1.54) is 6.07 Å². The monoisotopic (exact) mass is 363 g/mol. The summed E-state index contributed by atoms with van der Waals surface area (Å²) in [6, 6.07) is 15.1. The molecule has 0 aliphatic carbocycles. The van der Waals surface area contributed by atoms with Crippen molar-refractivity contribution in [3.63, 3.8) is 0 Å². The molecule has 0 saturated carbocycles. The van der Waals surface area contributed by atoms with Crippen LogP contribution in [0.4, 0.5) is 26.0 Å². The molecule has 0 aliphatic rings. The lowest BCUT2D eigenvalue weighted by molar-refractivity contribution is 0.509. The van der Waals surface area contributed by atoms with E-state index in [0.29, 0.717) is 28.0 Å². The van der Waals surface area contributed by atoms with Crippen LogP contribution in [0, 0.1) is 11.6 Å². The van der Waals surface area contributed by atoms with Crippen LogP contribution in [-0.2, 0) is 0 Å². The maximum atomic E-state index is 13.5. The molecule has 2 heterocycles. The number of aromatic nitrogens is 1. The molecule has 0 fully saturated rings. The molecule has 27 heavy (non-hydrogen) atoms. The molecule has 0 saturated heterocycles. The van der Waals surface area contributed by atoms with Crippen molar-refractivity contribution in [2.45, 2.75) is 0 Å². The van der Waals surface area contributed by atoms with Gasteiger partial charge in [0, 0.05) is 18.0 Å². The molecule has 0 aliphatic heterocycles. The van der Waals surface area contributed by atoms with Gasteiger partial charge in [0.1, 0.15) is 11.4 Å². The number of fused-ring (bicyclic) bond motifs is 1. The predicted octanol–water partition coefficient (Wildman–Crippen LogP) is 5.60. The zero-order valence-electron chi connectivity index (χ0n) is 14.1. The number of halogens is 2. The fourth-order valence-electron chi connectivity index (χ4n) is 2.77. The summed E-state index contributed by atoms with van der Waals surface area (Å²) >= 11 is 0. The largest absolute Gasteiger partial charge is 0.436 e. The van der Waals surface area contributed by atoms with Crippen LogP contribution in [0.3, 0.4) is 0 Å². The number of rotatable bonds is 4. The Bertz CT molecular complexity index is 1140. The van der Waals surface area contributed by atoms with E-state index in [-0.39, 0.29) is 5.88 Å². The molecule has 3 N–H and O–H groups in total. The molecule has 0 bridgehead atoms. The van der Waals surface area contributed by atoms with Crippen molar-refractivity contribution in [3.05, 3.63) is 83.7 Å². The van der Waals surface area contributed by atoms with Crippen molar-refractivity contribution in [2.75, 3.05) is 11.1 Å². The van der Waals surface area contributed by atoms with E-state index < -0.39 is 11.6 Å². The third-order valence-electron chi connectivity index (χ3n) is 4.08. The van der Waals surface area contributed by atoms with Crippen LogP contribution in [0.25, 0.3) is 23.1 Å². The minimum atomic E-state index is -0.945. The first-order valence-corrected chi connectivity index (χ1v) is 8.24. The molecule has 0 radical (unpaired) electrons. The predicted molar refractivity (Wildman–Crippen MR) is 103 cm³/mol. The second-order valence-electron chi connectivity index (χ2n) is 5.91. The highest BCUT2D eigenvalue weighted by atomic mass is 19.2. The summed E-state index contributed by atoms with van der Waals surface area (Å²) in [7, 11) is 0. The van der Waals surface area contributed by atoms with Crippen LogP contribution in [0.15, 0.2) is 65.2 Å². The molecule has 2 aromatic heterocycles. The van der Waals surface area contributed by atoms with Gasteiger partial charge in [-0.05, 0) is 29.8 Å². The minimum absolute atomic E-state index is 0.136. The first-order chi connectivity index (χ1) is 13.1. The molecular formula is C21H15F2N3O. The summed E-state index contributed by atoms with van der Waals surface area (Å²) in [5, 5.41) is 3.68. The Hall–Kier alpha value is -3.67. The van der Waals surface area contributed by atoms with Crippen LogP contribution in [0.5, 0.6) is 0 Å². The van der Waals surface area contributed by atoms with Crippen molar-refractivity contribution < 1.29 is 13.2 Å². The van der Waals surface area contributed by atoms with Gasteiger partial charge >= 0.3 is 0 Å². The number of nitrogens with two attached hydrogens (primary N) is 1. The average molecular weight is 363 g/mol. The lowest BCUT2D eigenvalue weighted by Crippen LogP contribution is -1.95. The van der Waals surface area contributed by atoms with E-state index in [4.69, 9.17) is 10.2 Å². The van der Waals surface area contributed by atoms with Gasteiger partial charge in [0.05, 0.1) is 5.39 Å². The molecule has 4 rings (SSSR count). The SMILES string of the molecule is Nc1oc2c(C=Cc3ccccc3)nccc2c1Nc1ccc(F)c(F)c1. The number of benzene rings is 2. The number of hydrogen-bond acceptors (Lipinski definition) is 4. The number of furan rings is 1. The van der Waals surface area contributed by atoms with Crippen molar-refractivity contribution >= 4 is 40.4 Å². The fraction of sp³-hybridized carbons (Fsp3) is 0. The van der Waals surface area contributed by atoms with E-state index in [0.717, 1.165) is 17.7 Å². The number of nitrogens with one attached hydrogen (secondary N) is 1. The fourth-order valence-corrected chi connectivity index (χ4v) is 2.77. The zero-order valence-corrected chi connectivity index (χ0v) is 14.1. The average Bonchev–Trinajstić information content (AvgIpc) is 3.00. The van der Waals surface area contributed by atoms with E-state index >= 15 is 0 Å². The van der Waals surface area contributed by atoms with Gasteiger partial charge in [0.15, 0.2) is 17.2 Å². The minimum Gasteiger partial charge on any atom is -0.436 e. The second kappa shape index (κ2) is 6.92. The molecule has 0 spiro atoms. The highest BCUT2D eigenvalue weighted by molar-refractivity contribution is 6.01. The Morgan fingerprint density at radius 2 is 1.78 bits per heavy atom. The Balaban J connectivity index is 1.72. The van der Waals surface area contributed by atoms with E-state index in [9.17, 15) is 8.78 Å². The molecule has 0 unspecified atom stereocenters. The molecule has 4 nitrogen and oxygen atoms in total. The molecule has 0 atom stereocenters. The first-order valence-electron chi connectivity index (χ1n) is 8.24. The molecule has 134 valence electrons. The standard InChI is InChI=1S/C21H15F2N3O/c22-16-8-7-14(12-17(16)23)26-19-15-10-11-25-18(20(15)27-21(19)24)9-6-13-4-2-1-3-5-13/h1-12,26H,24H2. The highest BCUT2D eigenvalue weighted by Crippen LogP contribution is 2.36. The van der Waals surface area contributed by atoms with Gasteiger partial charge in [-0.15, -0.1) is 0 Å². The number of pyridine rings is 1. The molecule has 0 amide bonds. The van der Waals surface area contributed by atoms with Crippen molar-refractivity contribution in [1.82, 2.24) is 4.98 Å². The summed E-state index contributed by atoms with van der Waals surface area (Å²) in [6.07, 6.45) is 5.39. The summed E-state index contributed by atoms with van der Waals surface area (Å²) in [5.74, 6) is -1.72. The van der Waals surface area contributed by atoms with Gasteiger partial charge < -0.3 is 15.5 Å². The summed E-state index contributed by atoms with van der Waals surface area (Å²) in [4.78, 5) is 4.34. The Morgan fingerprint density at radius 1 is 0.963 bits per heavy atom. The topological polar surface area (TPSA) is 64.1 Å². The molecule has 2 aromatic carbocycles. The Labute approximate surface area is 154 Å². The summed E-state index contributed by atoms with van der Waals surface area (Å²) in [6.45, 7) is 0. The quantitative estimate of drug-likeness (QED) is 0.495. The van der Waals surface area contributed by atoms with Gasteiger partial charge in [-0.2, -0.15) is 0 Å². The number of nitrogens with zero attached hydrogens (tertiary/aromatic N) is 1. The molecule has 6 heteroatoms. The maximum absolute atomic E-state index is 13.5. The van der Waals surface area contributed by atoms with Crippen LogP contribution in [0.1, 0.15) is 11.3 Å². The zero-order chi connectivity index (χ0) is 18.8. The van der Waals surface area contributed by atoms with Crippen molar-refractivity contribution in [2.24, 2.45) is 0 Å². The summed E-state index contributed by atoms with van der Waals surface area (Å²) < 4.78 is 32.3. The van der Waals surface area contributed by atoms with Gasteiger partial charge in [-0.3, -0.25) is 4.98 Å². The van der Waals surface area contributed by atoms with Gasteiger partial charge in [-0.1, -0.05) is 36.4 Å². The van der Waals surface area contributed by atoms with Crippen LogP contribution in [0.2, 0.25) is 0 Å². The normalized spacial score (nSPS) is 11.3. The molecule has 4 aromatic rings. The smallest absolute Gasteiger partial charge is 0.215 e.